The van der Waals surface area contributed by atoms with E-state index in [1.165, 1.54) is 5.57 Å². The second-order valence-electron chi connectivity index (χ2n) is 2.98. The monoisotopic (exact) mass is 155 g/mol. The fourth-order valence-electron chi connectivity index (χ4n) is 0.512. The van der Waals surface area contributed by atoms with E-state index in [2.05, 4.69) is 20.8 Å². The third-order valence-corrected chi connectivity index (χ3v) is 1.57. The molecule has 0 spiro atoms. The highest BCUT2D eigenvalue weighted by molar-refractivity contribution is 5.11. The lowest BCUT2D eigenvalue weighted by Gasteiger charge is -2.03. The molecule has 0 rings (SSSR count). The molecular weight excluding hydrogens is 138 g/mol. The van der Waals surface area contributed by atoms with Crippen molar-refractivity contribution in [2.75, 3.05) is 7.05 Å². The molecule has 11 heavy (non-hydrogen) atoms. The Morgan fingerprint density at radius 2 is 2.00 bits per heavy atom. The molecule has 0 saturated heterocycles. The second kappa shape index (κ2) is 4.97. The molecule has 0 radical (unpaired) electrons. The van der Waals surface area contributed by atoms with Crippen molar-refractivity contribution in [1.29, 1.82) is 0 Å². The Morgan fingerprint density at radius 3 is 2.36 bits per heavy atom. The van der Waals surface area contributed by atoms with Gasteiger partial charge in [0.05, 0.1) is 0 Å². The van der Waals surface area contributed by atoms with Gasteiger partial charge in [-0.25, -0.2) is 0 Å². The number of hydroxylamine groups is 2. The van der Waals surface area contributed by atoms with Crippen LogP contribution in [-0.4, -0.2) is 17.3 Å². The van der Waals surface area contributed by atoms with Crippen molar-refractivity contribution >= 4 is 0 Å². The van der Waals surface area contributed by atoms with Crippen LogP contribution in [0.25, 0.3) is 0 Å². The van der Waals surface area contributed by atoms with Crippen LogP contribution in [0.4, 0.5) is 0 Å². The Balaban J connectivity index is 3.91. The maximum absolute atomic E-state index is 8.72. The van der Waals surface area contributed by atoms with Gasteiger partial charge in [-0.05, 0) is 18.9 Å². The zero-order valence-electron chi connectivity index (χ0n) is 7.70. The summed E-state index contributed by atoms with van der Waals surface area (Å²) in [5.74, 6) is 0.573. The van der Waals surface area contributed by atoms with Crippen molar-refractivity contribution in [2.45, 2.75) is 20.8 Å². The molecule has 0 aromatic rings. The van der Waals surface area contributed by atoms with Gasteiger partial charge >= 0.3 is 0 Å². The zero-order chi connectivity index (χ0) is 8.85. The molecule has 0 heterocycles. The molecule has 0 bridgehead atoms. The molecule has 2 nitrogen and oxygen atoms in total. The molecular formula is C9H17NO. The minimum Gasteiger partial charge on any atom is -0.289 e. The summed E-state index contributed by atoms with van der Waals surface area (Å²) < 4.78 is 0. The molecule has 2 heteroatoms. The molecule has 0 aromatic carbocycles. The van der Waals surface area contributed by atoms with Gasteiger partial charge in [0.2, 0.25) is 0 Å². The van der Waals surface area contributed by atoms with Crippen LogP contribution in [0.5, 0.6) is 0 Å². The summed E-state index contributed by atoms with van der Waals surface area (Å²) in [7, 11) is 1.58. The van der Waals surface area contributed by atoms with Crippen LogP contribution in [0.2, 0.25) is 0 Å². The Hall–Kier alpha value is -0.760. The first kappa shape index (κ1) is 10.2. The van der Waals surface area contributed by atoms with Gasteiger partial charge in [0.15, 0.2) is 0 Å². The van der Waals surface area contributed by atoms with Crippen LogP contribution in [0, 0.1) is 5.92 Å². The summed E-state index contributed by atoms with van der Waals surface area (Å²) in [6, 6.07) is 0. The van der Waals surface area contributed by atoms with Gasteiger partial charge in [0.1, 0.15) is 0 Å². The van der Waals surface area contributed by atoms with E-state index in [0.717, 1.165) is 5.06 Å². The Morgan fingerprint density at radius 1 is 1.45 bits per heavy atom. The summed E-state index contributed by atoms with van der Waals surface area (Å²) >= 11 is 0. The van der Waals surface area contributed by atoms with Crippen LogP contribution in [0.3, 0.4) is 0 Å². The van der Waals surface area contributed by atoms with E-state index in [-0.39, 0.29) is 0 Å². The van der Waals surface area contributed by atoms with Crippen molar-refractivity contribution in [3.05, 3.63) is 23.9 Å². The van der Waals surface area contributed by atoms with Gasteiger partial charge in [0.25, 0.3) is 0 Å². The Labute approximate surface area is 68.8 Å². The summed E-state index contributed by atoms with van der Waals surface area (Å²) in [5, 5.41) is 9.75. The standard InChI is InChI=1S/C9H17NO/c1-8(2)9(3)6-5-7-10(4)11/h5-8,11H,1-4H3/b7-5-,9-6+. The third kappa shape index (κ3) is 5.67. The van der Waals surface area contributed by atoms with Crippen LogP contribution in [0.15, 0.2) is 23.9 Å². The van der Waals surface area contributed by atoms with Crippen molar-refractivity contribution in [2.24, 2.45) is 5.92 Å². The van der Waals surface area contributed by atoms with Gasteiger partial charge in [-0.15, -0.1) is 0 Å². The van der Waals surface area contributed by atoms with Gasteiger partial charge in [-0.3, -0.25) is 10.3 Å². The minimum atomic E-state index is 0.573. The minimum absolute atomic E-state index is 0.573. The largest absolute Gasteiger partial charge is 0.289 e. The fourth-order valence-corrected chi connectivity index (χ4v) is 0.512. The van der Waals surface area contributed by atoms with E-state index in [1.807, 2.05) is 12.2 Å². The molecule has 0 aliphatic heterocycles. The van der Waals surface area contributed by atoms with E-state index in [0.29, 0.717) is 5.92 Å². The van der Waals surface area contributed by atoms with Crippen molar-refractivity contribution in [1.82, 2.24) is 5.06 Å². The topological polar surface area (TPSA) is 23.5 Å². The molecule has 0 saturated carbocycles. The highest BCUT2D eigenvalue weighted by Gasteiger charge is 1.92. The van der Waals surface area contributed by atoms with Crippen LogP contribution in [0.1, 0.15) is 20.8 Å². The summed E-state index contributed by atoms with van der Waals surface area (Å²) in [5.41, 5.74) is 1.31. The lowest BCUT2D eigenvalue weighted by molar-refractivity contribution is -0.0128. The van der Waals surface area contributed by atoms with E-state index in [9.17, 15) is 0 Å². The smallest absolute Gasteiger partial charge is 0.0334 e. The van der Waals surface area contributed by atoms with Crippen LogP contribution < -0.4 is 0 Å². The lowest BCUT2D eigenvalue weighted by Crippen LogP contribution is -2.00. The maximum Gasteiger partial charge on any atom is 0.0334 e. The predicted molar refractivity (Wildman–Crippen MR) is 47.3 cm³/mol. The lowest BCUT2D eigenvalue weighted by atomic mass is 10.1. The highest BCUT2D eigenvalue weighted by atomic mass is 16.5. The number of allylic oxidation sites excluding steroid dienone is 3. The maximum atomic E-state index is 8.72. The molecule has 0 aliphatic carbocycles. The van der Waals surface area contributed by atoms with Gasteiger partial charge in [-0.2, -0.15) is 0 Å². The van der Waals surface area contributed by atoms with E-state index < -0.39 is 0 Å². The molecule has 64 valence electrons. The first-order valence-electron chi connectivity index (χ1n) is 3.80. The van der Waals surface area contributed by atoms with E-state index in [1.54, 1.807) is 13.2 Å². The van der Waals surface area contributed by atoms with Crippen LogP contribution in [-0.2, 0) is 0 Å². The van der Waals surface area contributed by atoms with Crippen molar-refractivity contribution < 1.29 is 5.21 Å². The van der Waals surface area contributed by atoms with Crippen molar-refractivity contribution in [3.63, 3.8) is 0 Å². The molecule has 1 N–H and O–H groups in total. The van der Waals surface area contributed by atoms with E-state index >= 15 is 0 Å². The quantitative estimate of drug-likeness (QED) is 0.500. The normalized spacial score (nSPS) is 13.1. The Bertz CT molecular complexity index is 157. The SMILES string of the molecule is C/C(=C\C=C/N(C)O)C(C)C. The Kier molecular flexibility index (Phi) is 4.62. The third-order valence-electron chi connectivity index (χ3n) is 1.57. The summed E-state index contributed by atoms with van der Waals surface area (Å²) in [6.45, 7) is 6.36. The van der Waals surface area contributed by atoms with Gasteiger partial charge < -0.3 is 0 Å². The van der Waals surface area contributed by atoms with Gasteiger partial charge in [-0.1, -0.05) is 25.5 Å². The average Bonchev–Trinajstić information content (AvgIpc) is 1.86. The van der Waals surface area contributed by atoms with Crippen molar-refractivity contribution in [3.8, 4) is 0 Å². The predicted octanol–water partition coefficient (Wildman–Crippen LogP) is 2.42. The summed E-state index contributed by atoms with van der Waals surface area (Å²) in [4.78, 5) is 0. The number of rotatable bonds is 3. The molecule has 0 fully saturated rings. The molecule has 0 aliphatic rings. The first-order valence-corrected chi connectivity index (χ1v) is 3.80. The summed E-state index contributed by atoms with van der Waals surface area (Å²) in [6.07, 6.45) is 5.43. The van der Waals surface area contributed by atoms with E-state index in [4.69, 9.17) is 5.21 Å². The average molecular weight is 155 g/mol. The molecule has 0 atom stereocenters. The van der Waals surface area contributed by atoms with Crippen LogP contribution >= 0.6 is 0 Å². The highest BCUT2D eigenvalue weighted by Crippen LogP contribution is 2.07. The first-order chi connectivity index (χ1) is 5.04. The second-order valence-corrected chi connectivity index (χ2v) is 2.98. The molecule has 0 aromatic heterocycles. The number of nitrogens with zero attached hydrogens (tertiary/aromatic N) is 1. The zero-order valence-corrected chi connectivity index (χ0v) is 7.70. The molecule has 0 unspecified atom stereocenters. The number of hydrogen-bond acceptors (Lipinski definition) is 2. The fraction of sp³-hybridized carbons (Fsp3) is 0.556. The van der Waals surface area contributed by atoms with Gasteiger partial charge in [0, 0.05) is 13.2 Å². The number of hydrogen-bond donors (Lipinski definition) is 1. The molecule has 0 amide bonds.